The number of hydrogen-bond acceptors (Lipinski definition) is 5. The van der Waals surface area contributed by atoms with Gasteiger partial charge in [-0.1, -0.05) is 23.5 Å². The Bertz CT molecular complexity index is 790. The highest BCUT2D eigenvalue weighted by atomic mass is 32.1. The van der Waals surface area contributed by atoms with Gasteiger partial charge in [-0.3, -0.25) is 5.32 Å². The van der Waals surface area contributed by atoms with Crippen LogP contribution in [0.15, 0.2) is 24.3 Å². The van der Waals surface area contributed by atoms with E-state index in [1.54, 1.807) is 13.8 Å². The van der Waals surface area contributed by atoms with Crippen molar-refractivity contribution in [3.8, 4) is 0 Å². The van der Waals surface area contributed by atoms with Gasteiger partial charge in [-0.05, 0) is 26.0 Å². The lowest BCUT2D eigenvalue weighted by Gasteiger charge is -2.13. The average molecular weight is 373 g/mol. The van der Waals surface area contributed by atoms with Crippen LogP contribution in [0.1, 0.15) is 27.9 Å². The molecule has 0 saturated heterocycles. The number of halogens is 3. The number of aromatic nitrogens is 1. The molecule has 2 aromatic rings. The molecular formula is C15H14F3N3O3S. The van der Waals surface area contributed by atoms with Crippen molar-refractivity contribution in [3.63, 3.8) is 0 Å². The number of ether oxygens (including phenoxy) is 1. The summed E-state index contributed by atoms with van der Waals surface area (Å²) in [5, 5.41) is 4.51. The highest BCUT2D eigenvalue weighted by Crippen LogP contribution is 2.34. The summed E-state index contributed by atoms with van der Waals surface area (Å²) in [5.41, 5.74) is -0.992. The first-order chi connectivity index (χ1) is 11.7. The van der Waals surface area contributed by atoms with Gasteiger partial charge in [0.05, 0.1) is 23.6 Å². The Balaban J connectivity index is 2.12. The molecule has 25 heavy (non-hydrogen) atoms. The average Bonchev–Trinajstić information content (AvgIpc) is 2.87. The van der Waals surface area contributed by atoms with E-state index in [0.29, 0.717) is 5.69 Å². The Kier molecular flexibility index (Phi) is 5.62. The van der Waals surface area contributed by atoms with Crippen molar-refractivity contribution in [1.29, 1.82) is 0 Å². The van der Waals surface area contributed by atoms with Gasteiger partial charge in [0.2, 0.25) is 0 Å². The molecule has 2 N–H and O–H groups in total. The van der Waals surface area contributed by atoms with Crippen molar-refractivity contribution in [2.24, 2.45) is 0 Å². The van der Waals surface area contributed by atoms with Gasteiger partial charge in [0.15, 0.2) is 5.13 Å². The number of nitrogens with zero attached hydrogens (tertiary/aromatic N) is 1. The zero-order valence-electron chi connectivity index (χ0n) is 13.2. The molecule has 1 aromatic heterocycles. The Morgan fingerprint density at radius 1 is 1.24 bits per heavy atom. The second-order valence-electron chi connectivity index (χ2n) is 4.78. The number of benzene rings is 1. The molecule has 0 unspecified atom stereocenters. The SMILES string of the molecule is CCOC(=O)c1sc(NC(=O)Nc2ccccc2C(F)(F)F)nc1C. The van der Waals surface area contributed by atoms with E-state index in [0.717, 1.165) is 23.5 Å². The summed E-state index contributed by atoms with van der Waals surface area (Å²) in [6, 6.07) is 3.70. The largest absolute Gasteiger partial charge is 0.462 e. The van der Waals surface area contributed by atoms with E-state index in [1.807, 2.05) is 0 Å². The zero-order chi connectivity index (χ0) is 18.6. The van der Waals surface area contributed by atoms with E-state index in [-0.39, 0.29) is 22.3 Å². The number of aryl methyl sites for hydroxylation is 1. The fourth-order valence-corrected chi connectivity index (χ4v) is 2.78. The van der Waals surface area contributed by atoms with Crippen molar-refractivity contribution < 1.29 is 27.5 Å². The van der Waals surface area contributed by atoms with Crippen molar-refractivity contribution in [2.45, 2.75) is 20.0 Å². The topological polar surface area (TPSA) is 80.3 Å². The molecule has 0 bridgehead atoms. The maximum absolute atomic E-state index is 12.9. The van der Waals surface area contributed by atoms with Gasteiger partial charge >= 0.3 is 18.2 Å². The van der Waals surface area contributed by atoms with E-state index in [2.05, 4.69) is 15.6 Å². The number of rotatable bonds is 4. The molecule has 0 aliphatic rings. The summed E-state index contributed by atoms with van der Waals surface area (Å²) in [6.45, 7) is 3.40. The normalized spacial score (nSPS) is 11.1. The zero-order valence-corrected chi connectivity index (χ0v) is 14.0. The molecule has 0 saturated carbocycles. The lowest BCUT2D eigenvalue weighted by Crippen LogP contribution is -2.21. The van der Waals surface area contributed by atoms with Crippen LogP contribution in [0.5, 0.6) is 0 Å². The van der Waals surface area contributed by atoms with Crippen LogP contribution < -0.4 is 10.6 Å². The van der Waals surface area contributed by atoms with Crippen LogP contribution in [0.2, 0.25) is 0 Å². The minimum Gasteiger partial charge on any atom is -0.462 e. The molecule has 10 heteroatoms. The number of para-hydroxylation sites is 1. The molecule has 2 rings (SSSR count). The number of esters is 1. The van der Waals surface area contributed by atoms with Crippen molar-refractivity contribution in [2.75, 3.05) is 17.2 Å². The van der Waals surface area contributed by atoms with Crippen LogP contribution in [0.4, 0.5) is 28.8 Å². The predicted molar refractivity (Wildman–Crippen MR) is 86.9 cm³/mol. The molecule has 0 atom stereocenters. The Hall–Kier alpha value is -2.62. The third-order valence-electron chi connectivity index (χ3n) is 2.96. The first kappa shape index (κ1) is 18.7. The second kappa shape index (κ2) is 7.51. The third-order valence-corrected chi connectivity index (χ3v) is 4.01. The lowest BCUT2D eigenvalue weighted by molar-refractivity contribution is -0.136. The smallest absolute Gasteiger partial charge is 0.418 e. The van der Waals surface area contributed by atoms with Crippen LogP contribution >= 0.6 is 11.3 Å². The maximum Gasteiger partial charge on any atom is 0.418 e. The van der Waals surface area contributed by atoms with Gasteiger partial charge in [0.25, 0.3) is 0 Å². The Morgan fingerprint density at radius 3 is 2.56 bits per heavy atom. The number of amides is 2. The van der Waals surface area contributed by atoms with Gasteiger partial charge in [-0.2, -0.15) is 13.2 Å². The first-order valence-corrected chi connectivity index (χ1v) is 7.92. The number of hydrogen-bond donors (Lipinski definition) is 2. The lowest BCUT2D eigenvalue weighted by atomic mass is 10.1. The second-order valence-corrected chi connectivity index (χ2v) is 5.78. The van der Waals surface area contributed by atoms with Gasteiger partial charge in [0, 0.05) is 0 Å². The van der Waals surface area contributed by atoms with Crippen molar-refractivity contribution in [1.82, 2.24) is 4.98 Å². The van der Waals surface area contributed by atoms with Crippen molar-refractivity contribution >= 4 is 34.2 Å². The van der Waals surface area contributed by atoms with E-state index < -0.39 is 23.7 Å². The Labute approximate surface area is 145 Å². The number of nitrogens with one attached hydrogen (secondary N) is 2. The van der Waals surface area contributed by atoms with Crippen LogP contribution in [-0.2, 0) is 10.9 Å². The van der Waals surface area contributed by atoms with Gasteiger partial charge in [0.1, 0.15) is 4.88 Å². The van der Waals surface area contributed by atoms with E-state index in [1.165, 1.54) is 12.1 Å². The van der Waals surface area contributed by atoms with Gasteiger partial charge < -0.3 is 10.1 Å². The number of thiazole rings is 1. The van der Waals surface area contributed by atoms with Crippen LogP contribution in [0.3, 0.4) is 0 Å². The number of alkyl halides is 3. The molecule has 134 valence electrons. The maximum atomic E-state index is 12.9. The standard InChI is InChI=1S/C15H14F3N3O3S/c1-3-24-12(22)11-8(2)19-14(25-11)21-13(23)20-10-7-5-4-6-9(10)15(16,17)18/h4-7H,3H2,1-2H3,(H2,19,20,21,23). The highest BCUT2D eigenvalue weighted by Gasteiger charge is 2.33. The number of urea groups is 1. The summed E-state index contributed by atoms with van der Waals surface area (Å²) < 4.78 is 43.6. The van der Waals surface area contributed by atoms with E-state index in [9.17, 15) is 22.8 Å². The summed E-state index contributed by atoms with van der Waals surface area (Å²) in [6.07, 6.45) is -4.60. The molecule has 0 fully saturated rings. The van der Waals surface area contributed by atoms with Crippen LogP contribution in [0, 0.1) is 6.92 Å². The summed E-state index contributed by atoms with van der Waals surface area (Å²) >= 11 is 0.876. The number of carbonyl (C=O) groups excluding carboxylic acids is 2. The van der Waals surface area contributed by atoms with Crippen LogP contribution in [-0.4, -0.2) is 23.6 Å². The van der Waals surface area contributed by atoms with Gasteiger partial charge in [-0.25, -0.2) is 14.6 Å². The predicted octanol–water partition coefficient (Wildman–Crippen LogP) is 4.29. The quantitative estimate of drug-likeness (QED) is 0.784. The molecule has 0 aliphatic carbocycles. The monoisotopic (exact) mass is 373 g/mol. The van der Waals surface area contributed by atoms with Crippen molar-refractivity contribution in [3.05, 3.63) is 40.4 Å². The van der Waals surface area contributed by atoms with Gasteiger partial charge in [-0.15, -0.1) is 0 Å². The molecule has 0 aliphatic heterocycles. The first-order valence-electron chi connectivity index (χ1n) is 7.11. The summed E-state index contributed by atoms with van der Waals surface area (Å²) in [4.78, 5) is 27.8. The summed E-state index contributed by atoms with van der Waals surface area (Å²) in [5.74, 6) is -0.576. The molecule has 1 heterocycles. The molecule has 1 aromatic carbocycles. The fourth-order valence-electron chi connectivity index (χ4n) is 1.93. The molecule has 2 amide bonds. The molecule has 0 spiro atoms. The van der Waals surface area contributed by atoms with Crippen LogP contribution in [0.25, 0.3) is 0 Å². The van der Waals surface area contributed by atoms with E-state index >= 15 is 0 Å². The fraction of sp³-hybridized carbons (Fsp3) is 0.267. The third kappa shape index (κ3) is 4.69. The number of anilines is 2. The Morgan fingerprint density at radius 2 is 1.92 bits per heavy atom. The highest BCUT2D eigenvalue weighted by molar-refractivity contribution is 7.17. The summed E-state index contributed by atoms with van der Waals surface area (Å²) in [7, 11) is 0. The molecule has 6 nitrogen and oxygen atoms in total. The minimum absolute atomic E-state index is 0.0718. The molecule has 0 radical (unpaired) electrons. The molecular weight excluding hydrogens is 359 g/mol. The van der Waals surface area contributed by atoms with E-state index in [4.69, 9.17) is 4.74 Å². The minimum atomic E-state index is -4.60. The number of carbonyl (C=O) groups is 2.